The molecule has 0 aliphatic carbocycles. The zero-order chi connectivity index (χ0) is 26.1. The fraction of sp³-hybridized carbons (Fsp3) is 0.133. The first kappa shape index (κ1) is 23.9. The van der Waals surface area contributed by atoms with E-state index in [0.29, 0.717) is 28.4 Å². The minimum absolute atomic E-state index is 0.0210. The van der Waals surface area contributed by atoms with Crippen molar-refractivity contribution in [3.05, 3.63) is 101 Å². The third-order valence-corrected chi connectivity index (χ3v) is 6.39. The van der Waals surface area contributed by atoms with Crippen LogP contribution in [-0.4, -0.2) is 34.6 Å². The first-order chi connectivity index (χ1) is 17.8. The van der Waals surface area contributed by atoms with Crippen molar-refractivity contribution in [3.8, 4) is 40.2 Å². The van der Waals surface area contributed by atoms with Crippen molar-refractivity contribution in [2.24, 2.45) is 0 Å². The molecular weight excluding hydrogens is 472 g/mol. The van der Waals surface area contributed by atoms with Crippen molar-refractivity contribution >= 4 is 12.2 Å². The molecule has 7 heteroatoms. The quantitative estimate of drug-likeness (QED) is 0.243. The van der Waals surface area contributed by atoms with Gasteiger partial charge in [0.25, 0.3) is 0 Å². The summed E-state index contributed by atoms with van der Waals surface area (Å²) in [5, 5.41) is 40.1. The Balaban J connectivity index is 1.62. The normalized spacial score (nSPS) is 16.4. The third-order valence-electron chi connectivity index (χ3n) is 6.39. The molecule has 2 unspecified atom stereocenters. The van der Waals surface area contributed by atoms with Gasteiger partial charge < -0.3 is 34.6 Å². The Hall–Kier alpha value is -4.78. The Morgan fingerprint density at radius 2 is 1.32 bits per heavy atom. The SMILES string of the molecule is COc1cc(OC)cc(C2c3cc(/C=C/c4cc(O)cc(O)c4)c(O)cc3OC2c2ccc(O)cc2)c1. The van der Waals surface area contributed by atoms with Crippen LogP contribution in [0.5, 0.6) is 40.2 Å². The molecule has 188 valence electrons. The van der Waals surface area contributed by atoms with Crippen molar-refractivity contribution in [1.29, 1.82) is 0 Å². The molecule has 0 aromatic heterocycles. The van der Waals surface area contributed by atoms with Crippen molar-refractivity contribution in [2.45, 2.75) is 12.0 Å². The Kier molecular flexibility index (Phi) is 6.27. The minimum atomic E-state index is -0.436. The number of methoxy groups -OCH3 is 2. The molecule has 0 spiro atoms. The van der Waals surface area contributed by atoms with Gasteiger partial charge in [0.05, 0.1) is 20.1 Å². The van der Waals surface area contributed by atoms with Crippen molar-refractivity contribution in [1.82, 2.24) is 0 Å². The predicted octanol–water partition coefficient (Wildman–Crippen LogP) is 5.96. The molecule has 1 aliphatic heterocycles. The van der Waals surface area contributed by atoms with Crippen molar-refractivity contribution < 1.29 is 34.6 Å². The van der Waals surface area contributed by atoms with E-state index < -0.39 is 6.10 Å². The van der Waals surface area contributed by atoms with Crippen LogP contribution >= 0.6 is 0 Å². The summed E-state index contributed by atoms with van der Waals surface area (Å²) < 4.78 is 17.4. The molecule has 0 saturated carbocycles. The zero-order valence-corrected chi connectivity index (χ0v) is 20.3. The van der Waals surface area contributed by atoms with Crippen LogP contribution in [0.3, 0.4) is 0 Å². The lowest BCUT2D eigenvalue weighted by Gasteiger charge is -2.21. The van der Waals surface area contributed by atoms with Gasteiger partial charge in [0.2, 0.25) is 0 Å². The molecule has 4 aromatic carbocycles. The first-order valence-corrected chi connectivity index (χ1v) is 11.6. The highest BCUT2D eigenvalue weighted by Gasteiger charge is 2.38. The van der Waals surface area contributed by atoms with Crippen LogP contribution in [0.1, 0.15) is 39.8 Å². The van der Waals surface area contributed by atoms with Gasteiger partial charge in [0.1, 0.15) is 46.4 Å². The lowest BCUT2D eigenvalue weighted by atomic mass is 9.84. The van der Waals surface area contributed by atoms with E-state index in [2.05, 4.69) is 0 Å². The second-order valence-corrected chi connectivity index (χ2v) is 8.82. The Morgan fingerprint density at radius 3 is 1.95 bits per heavy atom. The van der Waals surface area contributed by atoms with Gasteiger partial charge in [0, 0.05) is 29.3 Å². The molecule has 0 fully saturated rings. The fourth-order valence-corrected chi connectivity index (χ4v) is 4.64. The van der Waals surface area contributed by atoms with Gasteiger partial charge in [-0.05, 0) is 59.2 Å². The molecule has 0 amide bonds. The Labute approximate surface area is 214 Å². The molecule has 7 nitrogen and oxygen atoms in total. The number of rotatable bonds is 6. The summed E-state index contributed by atoms with van der Waals surface area (Å²) in [4.78, 5) is 0. The van der Waals surface area contributed by atoms with Gasteiger partial charge in [0.15, 0.2) is 0 Å². The van der Waals surface area contributed by atoms with E-state index >= 15 is 0 Å². The molecule has 37 heavy (non-hydrogen) atoms. The van der Waals surface area contributed by atoms with Crippen molar-refractivity contribution in [3.63, 3.8) is 0 Å². The summed E-state index contributed by atoms with van der Waals surface area (Å²) in [5.41, 5.74) is 3.71. The summed E-state index contributed by atoms with van der Waals surface area (Å²) in [6, 6.07) is 20.2. The molecule has 1 heterocycles. The number of aromatic hydroxyl groups is 4. The summed E-state index contributed by atoms with van der Waals surface area (Å²) in [6.45, 7) is 0. The van der Waals surface area contributed by atoms with E-state index in [-0.39, 0.29) is 28.9 Å². The number of phenols is 4. The summed E-state index contributed by atoms with van der Waals surface area (Å²) in [5.74, 6) is 1.58. The molecule has 2 atom stereocenters. The van der Waals surface area contributed by atoms with Crippen LogP contribution in [0.25, 0.3) is 12.2 Å². The Morgan fingerprint density at radius 1 is 0.676 bits per heavy atom. The maximum absolute atomic E-state index is 10.8. The molecule has 1 aliphatic rings. The zero-order valence-electron chi connectivity index (χ0n) is 20.3. The molecule has 5 rings (SSSR count). The highest BCUT2D eigenvalue weighted by molar-refractivity contribution is 5.75. The topological polar surface area (TPSA) is 109 Å². The average molecular weight is 499 g/mol. The number of hydrogen-bond donors (Lipinski definition) is 4. The highest BCUT2D eigenvalue weighted by atomic mass is 16.5. The first-order valence-electron chi connectivity index (χ1n) is 11.6. The van der Waals surface area contributed by atoms with E-state index in [9.17, 15) is 20.4 Å². The molecule has 4 aromatic rings. The van der Waals surface area contributed by atoms with Crippen molar-refractivity contribution in [2.75, 3.05) is 14.2 Å². The second kappa shape index (κ2) is 9.70. The van der Waals surface area contributed by atoms with E-state index in [0.717, 1.165) is 16.7 Å². The monoisotopic (exact) mass is 498 g/mol. The van der Waals surface area contributed by atoms with Gasteiger partial charge >= 0.3 is 0 Å². The molecule has 4 N–H and O–H groups in total. The number of ether oxygens (including phenoxy) is 3. The van der Waals surface area contributed by atoms with Crippen LogP contribution in [0.15, 0.2) is 72.8 Å². The van der Waals surface area contributed by atoms with Crippen LogP contribution in [0, 0.1) is 0 Å². The van der Waals surface area contributed by atoms with Crippen LogP contribution < -0.4 is 14.2 Å². The number of fused-ring (bicyclic) bond motifs is 1. The lowest BCUT2D eigenvalue weighted by Crippen LogP contribution is -2.11. The lowest BCUT2D eigenvalue weighted by molar-refractivity contribution is 0.221. The number of hydrogen-bond acceptors (Lipinski definition) is 7. The fourth-order valence-electron chi connectivity index (χ4n) is 4.64. The van der Waals surface area contributed by atoms with Gasteiger partial charge in [-0.25, -0.2) is 0 Å². The minimum Gasteiger partial charge on any atom is -0.508 e. The summed E-state index contributed by atoms with van der Waals surface area (Å²) in [7, 11) is 3.18. The second-order valence-electron chi connectivity index (χ2n) is 8.82. The molecule has 0 radical (unpaired) electrons. The van der Waals surface area contributed by atoms with Gasteiger partial charge in [-0.2, -0.15) is 0 Å². The largest absolute Gasteiger partial charge is 0.508 e. The molecule has 0 saturated heterocycles. The maximum Gasteiger partial charge on any atom is 0.135 e. The predicted molar refractivity (Wildman–Crippen MR) is 140 cm³/mol. The smallest absolute Gasteiger partial charge is 0.135 e. The highest BCUT2D eigenvalue weighted by Crippen LogP contribution is 2.52. The maximum atomic E-state index is 10.8. The van der Waals surface area contributed by atoms with Crippen LogP contribution in [0.4, 0.5) is 0 Å². The average Bonchev–Trinajstić information content (AvgIpc) is 3.24. The van der Waals surface area contributed by atoms with Gasteiger partial charge in [-0.15, -0.1) is 0 Å². The van der Waals surface area contributed by atoms with E-state index in [1.165, 1.54) is 18.2 Å². The third kappa shape index (κ3) is 4.84. The van der Waals surface area contributed by atoms with Gasteiger partial charge in [-0.1, -0.05) is 24.3 Å². The standard InChI is InChI=1S/C30H26O7/c1-35-24-11-20(12-25(15-24)36-2)29-26-13-19(4-3-17-9-22(32)14-23(33)10-17)27(34)16-28(26)37-30(29)18-5-7-21(31)8-6-18/h3-16,29-34H,1-2H3/b4-3+. The van der Waals surface area contributed by atoms with E-state index in [1.54, 1.807) is 50.6 Å². The van der Waals surface area contributed by atoms with Crippen LogP contribution in [-0.2, 0) is 0 Å². The van der Waals surface area contributed by atoms with E-state index in [4.69, 9.17) is 14.2 Å². The molecule has 0 bridgehead atoms. The van der Waals surface area contributed by atoms with Gasteiger partial charge in [-0.3, -0.25) is 0 Å². The van der Waals surface area contributed by atoms with Crippen LogP contribution in [0.2, 0.25) is 0 Å². The number of benzene rings is 4. The number of phenolic OH excluding ortho intramolecular Hbond substituents is 4. The Bertz CT molecular complexity index is 1430. The van der Waals surface area contributed by atoms with E-state index in [1.807, 2.05) is 30.3 Å². The molecular formula is C30H26O7. The summed E-state index contributed by atoms with van der Waals surface area (Å²) in [6.07, 6.45) is 2.97. The summed E-state index contributed by atoms with van der Waals surface area (Å²) >= 11 is 0.